The summed E-state index contributed by atoms with van der Waals surface area (Å²) in [4.78, 5) is 20.1. The first-order chi connectivity index (χ1) is 7.79. The van der Waals surface area contributed by atoms with E-state index >= 15 is 0 Å². The molecule has 0 atom stereocenters. The van der Waals surface area contributed by atoms with Crippen LogP contribution in [0.1, 0.15) is 16.2 Å². The van der Waals surface area contributed by atoms with E-state index < -0.39 is 0 Å². The van der Waals surface area contributed by atoms with E-state index in [1.807, 2.05) is 0 Å². The fraction of sp³-hybridized carbons (Fsp3) is 0. The summed E-state index contributed by atoms with van der Waals surface area (Å²) in [6, 6.07) is 10.4. The largest absolute Gasteiger partial charge is 0.286 e. The Morgan fingerprint density at radius 1 is 0.938 bits per heavy atom. The number of Topliss-reactive ketones (excluding diaryl/α,β-unsaturated/α-hetero) is 1. The van der Waals surface area contributed by atoms with Gasteiger partial charge in [0.05, 0.1) is 5.69 Å². The van der Waals surface area contributed by atoms with Crippen molar-refractivity contribution in [1.82, 2.24) is 9.97 Å². The van der Waals surface area contributed by atoms with Gasteiger partial charge in [-0.15, -0.1) is 0 Å². The van der Waals surface area contributed by atoms with Crippen LogP contribution in [0.5, 0.6) is 0 Å². The zero-order chi connectivity index (χ0) is 11.4. The molecule has 0 amide bonds. The Hall–Kier alpha value is -1.94. The van der Waals surface area contributed by atoms with Crippen LogP contribution in [0, 0.1) is 0 Å². The molecule has 0 saturated carbocycles. The van der Waals surface area contributed by atoms with E-state index in [2.05, 4.69) is 9.97 Å². The Bertz CT molecular complexity index is 462. The minimum atomic E-state index is -0.269. The van der Waals surface area contributed by atoms with Crippen LogP contribution in [0.25, 0.3) is 0 Å². The third-order valence-corrected chi connectivity index (χ3v) is 2.40. The fourth-order valence-corrected chi connectivity index (χ4v) is 1.45. The van der Waals surface area contributed by atoms with Gasteiger partial charge in [0.25, 0.3) is 0 Å². The van der Waals surface area contributed by atoms with Gasteiger partial charge in [0, 0.05) is 12.4 Å². The summed E-state index contributed by atoms with van der Waals surface area (Å²) in [5.74, 6) is -0.269. The minimum Gasteiger partial charge on any atom is -0.286 e. The van der Waals surface area contributed by atoms with Gasteiger partial charge in [-0.3, -0.25) is 14.8 Å². The third-order valence-electron chi connectivity index (χ3n) is 2.00. The van der Waals surface area contributed by atoms with Gasteiger partial charge in [-0.1, -0.05) is 24.4 Å². The quantitative estimate of drug-likeness (QED) is 0.596. The molecule has 0 fully saturated rings. The topological polar surface area (TPSA) is 42.9 Å². The number of rotatable bonds is 3. The smallest absolute Gasteiger partial charge is 0.224 e. The number of pyridine rings is 2. The number of ketones is 1. The second kappa shape index (κ2) is 4.72. The van der Waals surface area contributed by atoms with Crippen molar-refractivity contribution in [3.05, 3.63) is 60.2 Å². The predicted molar refractivity (Wildman–Crippen MR) is 64.5 cm³/mol. The van der Waals surface area contributed by atoms with Gasteiger partial charge in [-0.2, -0.15) is 0 Å². The summed E-state index contributed by atoms with van der Waals surface area (Å²) >= 11 is 5.07. The normalized spacial score (nSPS) is 9.75. The molecule has 2 heterocycles. The maximum atomic E-state index is 11.9. The molecule has 0 N–H and O–H groups in total. The first-order valence-corrected chi connectivity index (χ1v) is 5.11. The van der Waals surface area contributed by atoms with Gasteiger partial charge in [0.2, 0.25) is 5.78 Å². The minimum absolute atomic E-state index is 0.194. The van der Waals surface area contributed by atoms with Gasteiger partial charge < -0.3 is 0 Å². The van der Waals surface area contributed by atoms with Crippen molar-refractivity contribution in [2.24, 2.45) is 0 Å². The van der Waals surface area contributed by atoms with Gasteiger partial charge in [-0.25, -0.2) is 0 Å². The monoisotopic (exact) mass is 228 g/mol. The van der Waals surface area contributed by atoms with Gasteiger partial charge in [-0.05, 0) is 24.3 Å². The van der Waals surface area contributed by atoms with Crippen LogP contribution < -0.4 is 0 Å². The molecule has 0 radical (unpaired) electrons. The number of nitrogens with zero attached hydrogens (tertiary/aromatic N) is 2. The number of carbonyl (C=O) groups excluding carboxylic acids is 1. The van der Waals surface area contributed by atoms with Crippen LogP contribution in [-0.4, -0.2) is 20.6 Å². The molecule has 16 heavy (non-hydrogen) atoms. The van der Waals surface area contributed by atoms with Crippen LogP contribution in [0.4, 0.5) is 0 Å². The zero-order valence-electron chi connectivity index (χ0n) is 8.33. The van der Waals surface area contributed by atoms with Crippen molar-refractivity contribution >= 4 is 22.9 Å². The lowest BCUT2D eigenvalue weighted by molar-refractivity contribution is 0.106. The molecule has 0 unspecified atom stereocenters. The molecule has 0 spiro atoms. The van der Waals surface area contributed by atoms with Crippen molar-refractivity contribution < 1.29 is 4.79 Å². The average molecular weight is 228 g/mol. The summed E-state index contributed by atoms with van der Waals surface area (Å²) < 4.78 is 0. The van der Waals surface area contributed by atoms with Crippen molar-refractivity contribution in [2.45, 2.75) is 0 Å². The van der Waals surface area contributed by atoms with Crippen LogP contribution in [0.15, 0.2) is 48.8 Å². The molecule has 0 aliphatic heterocycles. The molecule has 3 nitrogen and oxygen atoms in total. The Balaban J connectivity index is 2.28. The summed E-state index contributed by atoms with van der Waals surface area (Å²) in [6.45, 7) is 0. The molecular weight excluding hydrogens is 220 g/mol. The number of hydrogen-bond donors (Lipinski definition) is 0. The van der Waals surface area contributed by atoms with Gasteiger partial charge in [0.15, 0.2) is 0 Å². The second-order valence-electron chi connectivity index (χ2n) is 3.09. The summed E-state index contributed by atoms with van der Waals surface area (Å²) in [5, 5.41) is 0. The average Bonchev–Trinajstić information content (AvgIpc) is 2.39. The van der Waals surface area contributed by atoms with Gasteiger partial charge >= 0.3 is 0 Å². The fourth-order valence-electron chi connectivity index (χ4n) is 1.23. The highest BCUT2D eigenvalue weighted by molar-refractivity contribution is 7.82. The van der Waals surface area contributed by atoms with E-state index in [1.165, 1.54) is 0 Å². The number of thiocarbonyl (C=S) groups is 1. The Labute approximate surface area is 98.2 Å². The standard InChI is InChI=1S/C12H8N2OS/c15-11(9-5-1-3-7-13-9)12(16)10-6-2-4-8-14-10/h1-8H. The van der Waals surface area contributed by atoms with Crippen LogP contribution in [0.2, 0.25) is 0 Å². The number of aromatic nitrogens is 2. The molecule has 2 rings (SSSR count). The lowest BCUT2D eigenvalue weighted by atomic mass is 10.1. The zero-order valence-corrected chi connectivity index (χ0v) is 9.15. The number of carbonyl (C=O) groups is 1. The Kier molecular flexibility index (Phi) is 3.12. The van der Waals surface area contributed by atoms with Crippen molar-refractivity contribution in [2.75, 3.05) is 0 Å². The molecule has 78 valence electrons. The van der Waals surface area contributed by atoms with Gasteiger partial charge in [0.1, 0.15) is 10.6 Å². The Morgan fingerprint density at radius 2 is 1.50 bits per heavy atom. The molecule has 0 bridgehead atoms. The number of hydrogen-bond acceptors (Lipinski definition) is 4. The molecule has 2 aromatic rings. The van der Waals surface area contributed by atoms with E-state index in [9.17, 15) is 4.79 Å². The van der Waals surface area contributed by atoms with E-state index in [0.717, 1.165) is 0 Å². The van der Waals surface area contributed by atoms with Crippen molar-refractivity contribution in [1.29, 1.82) is 0 Å². The maximum Gasteiger partial charge on any atom is 0.224 e. The third kappa shape index (κ3) is 2.17. The molecule has 0 aliphatic rings. The van der Waals surface area contributed by atoms with Crippen LogP contribution in [0.3, 0.4) is 0 Å². The first kappa shape index (κ1) is 10.6. The van der Waals surface area contributed by atoms with E-state index in [0.29, 0.717) is 11.4 Å². The lowest BCUT2D eigenvalue weighted by Gasteiger charge is -2.00. The van der Waals surface area contributed by atoms with Crippen molar-refractivity contribution in [3.8, 4) is 0 Å². The molecule has 4 heteroatoms. The molecular formula is C12H8N2OS. The summed E-state index contributed by atoms with van der Waals surface area (Å²) in [5.41, 5.74) is 0.853. The maximum absolute atomic E-state index is 11.9. The summed E-state index contributed by atoms with van der Waals surface area (Å²) in [6.07, 6.45) is 3.17. The van der Waals surface area contributed by atoms with Crippen molar-refractivity contribution in [3.63, 3.8) is 0 Å². The van der Waals surface area contributed by atoms with Crippen LogP contribution >= 0.6 is 12.2 Å². The SMILES string of the molecule is O=C(C(=S)c1ccccn1)c1ccccn1. The van der Waals surface area contributed by atoms with E-state index in [4.69, 9.17) is 12.2 Å². The highest BCUT2D eigenvalue weighted by Crippen LogP contribution is 2.04. The predicted octanol–water partition coefficient (Wildman–Crippen LogP) is 2.08. The summed E-state index contributed by atoms with van der Waals surface area (Å²) in [7, 11) is 0. The highest BCUT2D eigenvalue weighted by atomic mass is 32.1. The van der Waals surface area contributed by atoms with E-state index in [1.54, 1.807) is 48.8 Å². The van der Waals surface area contributed by atoms with Crippen LogP contribution in [-0.2, 0) is 0 Å². The highest BCUT2D eigenvalue weighted by Gasteiger charge is 2.15. The molecule has 0 saturated heterocycles. The second-order valence-corrected chi connectivity index (χ2v) is 3.50. The lowest BCUT2D eigenvalue weighted by Crippen LogP contribution is -2.15. The Morgan fingerprint density at radius 3 is 2.00 bits per heavy atom. The first-order valence-electron chi connectivity index (χ1n) is 4.70. The molecule has 2 aromatic heterocycles. The van der Waals surface area contributed by atoms with E-state index in [-0.39, 0.29) is 10.6 Å². The molecule has 0 aromatic carbocycles. The molecule has 0 aliphatic carbocycles.